The summed E-state index contributed by atoms with van der Waals surface area (Å²) in [6.45, 7) is 9.13. The largest absolute Gasteiger partial charge is 0.494 e. The van der Waals surface area contributed by atoms with E-state index in [4.69, 9.17) is 4.74 Å². The van der Waals surface area contributed by atoms with E-state index in [1.54, 1.807) is 0 Å². The summed E-state index contributed by atoms with van der Waals surface area (Å²) in [5, 5.41) is 3.39. The van der Waals surface area contributed by atoms with Gasteiger partial charge in [0.15, 0.2) is 0 Å². The Kier molecular flexibility index (Phi) is 3.39. The molecule has 0 aromatic heterocycles. The van der Waals surface area contributed by atoms with Gasteiger partial charge >= 0.3 is 0 Å². The third kappa shape index (κ3) is 3.69. The number of nitrogens with one attached hydrogen (secondary N) is 1. The maximum absolute atomic E-state index is 5.36. The van der Waals surface area contributed by atoms with E-state index < -0.39 is 0 Å². The fourth-order valence-electron chi connectivity index (χ4n) is 1.23. The van der Waals surface area contributed by atoms with Crippen molar-refractivity contribution >= 4 is 5.69 Å². The molecule has 0 saturated heterocycles. The predicted molar refractivity (Wildman–Crippen MR) is 61.0 cm³/mol. The molecule has 78 valence electrons. The van der Waals surface area contributed by atoms with Gasteiger partial charge in [0, 0.05) is 11.2 Å². The lowest BCUT2D eigenvalue weighted by atomic mass is 10.1. The highest BCUT2D eigenvalue weighted by atomic mass is 16.5. The number of ether oxygens (including phenoxy) is 1. The molecule has 0 radical (unpaired) electrons. The number of anilines is 1. The summed E-state index contributed by atoms with van der Waals surface area (Å²) in [6, 6.07) is 8.04. The topological polar surface area (TPSA) is 21.3 Å². The Morgan fingerprint density at radius 2 is 1.71 bits per heavy atom. The second kappa shape index (κ2) is 4.36. The standard InChI is InChI=1S/C12H19NO/c1-5-14-11-8-6-10(7-9-11)13-12(2,3)4/h6-9,13H,5H2,1-4H3. The van der Waals surface area contributed by atoms with E-state index in [9.17, 15) is 0 Å². The van der Waals surface area contributed by atoms with Crippen molar-refractivity contribution in [2.45, 2.75) is 33.2 Å². The van der Waals surface area contributed by atoms with E-state index in [1.165, 1.54) is 0 Å². The fraction of sp³-hybridized carbons (Fsp3) is 0.500. The van der Waals surface area contributed by atoms with Gasteiger partial charge < -0.3 is 10.1 Å². The van der Waals surface area contributed by atoms with Crippen LogP contribution in [0.15, 0.2) is 24.3 Å². The summed E-state index contributed by atoms with van der Waals surface area (Å²) in [5.74, 6) is 0.923. The maximum atomic E-state index is 5.36. The van der Waals surface area contributed by atoms with Crippen molar-refractivity contribution in [1.82, 2.24) is 0 Å². The van der Waals surface area contributed by atoms with Crippen molar-refractivity contribution in [2.75, 3.05) is 11.9 Å². The summed E-state index contributed by atoms with van der Waals surface area (Å²) in [5.41, 5.74) is 1.23. The van der Waals surface area contributed by atoms with Gasteiger partial charge in [0.2, 0.25) is 0 Å². The second-order valence-corrected chi connectivity index (χ2v) is 4.33. The molecule has 0 aliphatic carbocycles. The van der Waals surface area contributed by atoms with Crippen molar-refractivity contribution in [3.8, 4) is 5.75 Å². The summed E-state index contributed by atoms with van der Waals surface area (Å²) in [6.07, 6.45) is 0. The van der Waals surface area contributed by atoms with Gasteiger partial charge in [-0.25, -0.2) is 0 Å². The van der Waals surface area contributed by atoms with E-state index in [0.717, 1.165) is 11.4 Å². The first-order valence-electron chi connectivity index (χ1n) is 5.02. The maximum Gasteiger partial charge on any atom is 0.119 e. The number of hydrogen-bond donors (Lipinski definition) is 1. The summed E-state index contributed by atoms with van der Waals surface area (Å²) in [7, 11) is 0. The second-order valence-electron chi connectivity index (χ2n) is 4.33. The molecule has 0 unspecified atom stereocenters. The normalized spacial score (nSPS) is 11.1. The lowest BCUT2D eigenvalue weighted by Crippen LogP contribution is -2.25. The highest BCUT2D eigenvalue weighted by Crippen LogP contribution is 2.18. The first-order chi connectivity index (χ1) is 6.51. The Morgan fingerprint density at radius 3 is 2.14 bits per heavy atom. The van der Waals surface area contributed by atoms with E-state index in [1.807, 2.05) is 31.2 Å². The Hall–Kier alpha value is -1.18. The molecule has 1 aromatic rings. The minimum absolute atomic E-state index is 0.104. The van der Waals surface area contributed by atoms with Gasteiger partial charge in [-0.05, 0) is 52.0 Å². The molecule has 1 aromatic carbocycles. The van der Waals surface area contributed by atoms with Crippen LogP contribution >= 0.6 is 0 Å². The molecule has 2 nitrogen and oxygen atoms in total. The average molecular weight is 193 g/mol. The quantitative estimate of drug-likeness (QED) is 0.795. The van der Waals surface area contributed by atoms with Crippen LogP contribution in [0.3, 0.4) is 0 Å². The Morgan fingerprint density at radius 1 is 1.14 bits per heavy atom. The minimum atomic E-state index is 0.104. The number of hydrogen-bond acceptors (Lipinski definition) is 2. The molecule has 0 aliphatic rings. The molecule has 0 heterocycles. The molecular formula is C12H19NO. The van der Waals surface area contributed by atoms with Crippen molar-refractivity contribution < 1.29 is 4.74 Å². The van der Waals surface area contributed by atoms with Crippen LogP contribution in [0.4, 0.5) is 5.69 Å². The van der Waals surface area contributed by atoms with E-state index in [2.05, 4.69) is 26.1 Å². The van der Waals surface area contributed by atoms with E-state index in [0.29, 0.717) is 6.61 Å². The molecule has 14 heavy (non-hydrogen) atoms. The molecule has 0 spiro atoms. The first kappa shape index (κ1) is 10.9. The highest BCUT2D eigenvalue weighted by molar-refractivity contribution is 5.47. The third-order valence-corrected chi connectivity index (χ3v) is 1.68. The molecule has 2 heteroatoms. The average Bonchev–Trinajstić information content (AvgIpc) is 2.06. The number of benzene rings is 1. The van der Waals surface area contributed by atoms with Crippen molar-refractivity contribution in [3.63, 3.8) is 0 Å². The van der Waals surface area contributed by atoms with Crippen molar-refractivity contribution in [2.24, 2.45) is 0 Å². The molecule has 1 N–H and O–H groups in total. The van der Waals surface area contributed by atoms with Crippen LogP contribution in [-0.2, 0) is 0 Å². The van der Waals surface area contributed by atoms with Gasteiger partial charge in [-0.15, -0.1) is 0 Å². The lowest BCUT2D eigenvalue weighted by Gasteiger charge is -2.22. The van der Waals surface area contributed by atoms with E-state index in [-0.39, 0.29) is 5.54 Å². The van der Waals surface area contributed by atoms with Crippen molar-refractivity contribution in [1.29, 1.82) is 0 Å². The smallest absolute Gasteiger partial charge is 0.119 e. The van der Waals surface area contributed by atoms with Gasteiger partial charge in [0.1, 0.15) is 5.75 Å². The van der Waals surface area contributed by atoms with Gasteiger partial charge in [-0.3, -0.25) is 0 Å². The molecule has 1 rings (SSSR count). The van der Waals surface area contributed by atoms with Crippen LogP contribution in [0.2, 0.25) is 0 Å². The van der Waals surface area contributed by atoms with Crippen LogP contribution < -0.4 is 10.1 Å². The van der Waals surface area contributed by atoms with Crippen LogP contribution in [0.25, 0.3) is 0 Å². The van der Waals surface area contributed by atoms with Gasteiger partial charge in [-0.2, -0.15) is 0 Å². The molecule has 0 bridgehead atoms. The van der Waals surface area contributed by atoms with E-state index >= 15 is 0 Å². The zero-order chi connectivity index (χ0) is 10.6. The zero-order valence-electron chi connectivity index (χ0n) is 9.42. The Balaban J connectivity index is 2.64. The Bertz CT molecular complexity index is 271. The molecule has 0 amide bonds. The third-order valence-electron chi connectivity index (χ3n) is 1.68. The highest BCUT2D eigenvalue weighted by Gasteiger charge is 2.08. The zero-order valence-corrected chi connectivity index (χ0v) is 9.42. The number of rotatable bonds is 3. The SMILES string of the molecule is CCOc1ccc(NC(C)(C)C)cc1. The monoisotopic (exact) mass is 193 g/mol. The summed E-state index contributed by atoms with van der Waals surface area (Å²) < 4.78 is 5.36. The molecular weight excluding hydrogens is 174 g/mol. The lowest BCUT2D eigenvalue weighted by molar-refractivity contribution is 0.340. The predicted octanol–water partition coefficient (Wildman–Crippen LogP) is 3.30. The Labute approximate surface area is 86.3 Å². The van der Waals surface area contributed by atoms with Crippen LogP contribution in [0, 0.1) is 0 Å². The van der Waals surface area contributed by atoms with Crippen LogP contribution in [-0.4, -0.2) is 12.1 Å². The van der Waals surface area contributed by atoms with Gasteiger partial charge in [0.05, 0.1) is 6.61 Å². The van der Waals surface area contributed by atoms with Gasteiger partial charge in [0.25, 0.3) is 0 Å². The minimum Gasteiger partial charge on any atom is -0.494 e. The fourth-order valence-corrected chi connectivity index (χ4v) is 1.23. The molecule has 0 atom stereocenters. The molecule has 0 aliphatic heterocycles. The van der Waals surface area contributed by atoms with Gasteiger partial charge in [-0.1, -0.05) is 0 Å². The summed E-state index contributed by atoms with van der Waals surface area (Å²) >= 11 is 0. The van der Waals surface area contributed by atoms with Crippen LogP contribution in [0.5, 0.6) is 5.75 Å². The first-order valence-corrected chi connectivity index (χ1v) is 5.02. The van der Waals surface area contributed by atoms with Crippen LogP contribution in [0.1, 0.15) is 27.7 Å². The molecule has 0 fully saturated rings. The molecule has 0 saturated carbocycles. The summed E-state index contributed by atoms with van der Waals surface area (Å²) in [4.78, 5) is 0. The van der Waals surface area contributed by atoms with Crippen molar-refractivity contribution in [3.05, 3.63) is 24.3 Å².